The fourth-order valence-corrected chi connectivity index (χ4v) is 7.24. The predicted octanol–water partition coefficient (Wildman–Crippen LogP) is 6.73. The zero-order valence-corrected chi connectivity index (χ0v) is 22.6. The van der Waals surface area contributed by atoms with Gasteiger partial charge in [0.05, 0.1) is 35.9 Å². The minimum absolute atomic E-state index is 0.123. The van der Waals surface area contributed by atoms with Gasteiger partial charge in [-0.1, -0.05) is 72.4 Å². The van der Waals surface area contributed by atoms with Gasteiger partial charge in [-0.2, -0.15) is 0 Å². The van der Waals surface area contributed by atoms with Crippen LogP contribution in [0.2, 0.25) is 10.0 Å². The topological polar surface area (TPSA) is 55.5 Å². The maximum Gasteiger partial charge on any atom is 0.231 e. The number of nitrogens with zero attached hydrogens (tertiary/aromatic N) is 2. The second kappa shape index (κ2) is 10.3. The highest BCUT2D eigenvalue weighted by Gasteiger charge is 2.48. The molecule has 3 aliphatic heterocycles. The number of hydrogen-bond donors (Lipinski definition) is 1. The molecule has 0 amide bonds. The van der Waals surface area contributed by atoms with Crippen molar-refractivity contribution in [3.63, 3.8) is 0 Å². The van der Waals surface area contributed by atoms with E-state index in [0.29, 0.717) is 28.5 Å². The van der Waals surface area contributed by atoms with Gasteiger partial charge in [0.1, 0.15) is 19.2 Å². The number of rotatable bonds is 8. The summed E-state index contributed by atoms with van der Waals surface area (Å²) in [5.41, 5.74) is 0.734. The van der Waals surface area contributed by atoms with Crippen LogP contribution >= 0.6 is 23.2 Å². The fourth-order valence-electron chi connectivity index (χ4n) is 6.92. The van der Waals surface area contributed by atoms with Crippen molar-refractivity contribution in [2.24, 2.45) is 11.8 Å². The first-order valence-corrected chi connectivity index (χ1v) is 14.3. The van der Waals surface area contributed by atoms with Gasteiger partial charge in [0.2, 0.25) is 5.89 Å². The van der Waals surface area contributed by atoms with Crippen LogP contribution in [0.1, 0.15) is 61.3 Å². The highest BCUT2D eigenvalue weighted by atomic mass is 35.5. The molecule has 37 heavy (non-hydrogen) atoms. The summed E-state index contributed by atoms with van der Waals surface area (Å²) >= 11 is 12.3. The number of oxazole rings is 1. The van der Waals surface area contributed by atoms with Crippen molar-refractivity contribution in [3.05, 3.63) is 87.6 Å². The number of ether oxygens (including phenoxy) is 1. The predicted molar refractivity (Wildman–Crippen MR) is 144 cm³/mol. The normalized spacial score (nSPS) is 27.4. The molecular weight excluding hydrogens is 507 g/mol. The molecule has 2 aromatic carbocycles. The van der Waals surface area contributed by atoms with E-state index >= 15 is 0 Å². The lowest BCUT2D eigenvalue weighted by atomic mass is 9.80. The third-order valence-electron chi connectivity index (χ3n) is 9.02. The van der Waals surface area contributed by atoms with E-state index in [1.165, 1.54) is 0 Å². The molecule has 2 atom stereocenters. The van der Waals surface area contributed by atoms with Crippen LogP contribution in [0, 0.1) is 11.8 Å². The molecule has 1 saturated carbocycles. The Bertz CT molecular complexity index is 1220. The van der Waals surface area contributed by atoms with Gasteiger partial charge in [-0.25, -0.2) is 4.98 Å². The number of quaternary nitrogens is 1. The van der Waals surface area contributed by atoms with Crippen LogP contribution < -0.4 is 0 Å². The smallest absolute Gasteiger partial charge is 0.231 e. The van der Waals surface area contributed by atoms with E-state index < -0.39 is 5.60 Å². The molecule has 4 heterocycles. The summed E-state index contributed by atoms with van der Waals surface area (Å²) in [6.07, 6.45) is 8.61. The van der Waals surface area contributed by atoms with E-state index in [2.05, 4.69) is 4.98 Å². The van der Waals surface area contributed by atoms with Crippen LogP contribution in [0.25, 0.3) is 0 Å². The van der Waals surface area contributed by atoms with Crippen LogP contribution in [0.4, 0.5) is 0 Å². The summed E-state index contributed by atoms with van der Waals surface area (Å²) in [6.45, 7) is 4.53. The molecule has 3 aromatic rings. The zero-order chi connectivity index (χ0) is 25.5. The monoisotopic (exact) mass is 541 g/mol. The Labute approximate surface area is 229 Å². The third-order valence-corrected chi connectivity index (χ3v) is 9.76. The van der Waals surface area contributed by atoms with Crippen LogP contribution in [-0.2, 0) is 23.5 Å². The zero-order valence-electron chi connectivity index (χ0n) is 21.1. The average molecular weight is 543 g/mol. The van der Waals surface area contributed by atoms with Gasteiger partial charge >= 0.3 is 0 Å². The number of benzene rings is 2. The average Bonchev–Trinajstić information content (AvgIpc) is 3.63. The van der Waals surface area contributed by atoms with Crippen molar-refractivity contribution in [2.75, 3.05) is 19.6 Å². The van der Waals surface area contributed by atoms with E-state index in [9.17, 15) is 5.11 Å². The summed E-state index contributed by atoms with van der Waals surface area (Å²) in [7, 11) is 0. The number of halogens is 2. The number of aliphatic hydroxyl groups is 1. The molecule has 7 rings (SSSR count). The molecule has 2 bridgehead atoms. The molecule has 4 fully saturated rings. The SMILES string of the molecule is OC(c1ccccc1)(c1ncc(C[N+]23CCC(CC2)C(OCc2ccc(Cl)c(Cl)c2)C3)o1)C1CCCC1. The largest absolute Gasteiger partial charge is 0.436 e. The Balaban J connectivity index is 1.18. The van der Waals surface area contributed by atoms with Crippen molar-refractivity contribution < 1.29 is 18.7 Å². The maximum atomic E-state index is 12.1. The highest BCUT2D eigenvalue weighted by Crippen LogP contribution is 2.45. The molecule has 1 N–H and O–H groups in total. The standard InChI is InChI=1S/C30H35Cl2N2O3/c31-26-11-10-21(16-27(26)32)20-36-28-19-34(14-12-22(28)13-15-34)18-25-17-33-29(37-25)30(35,24-8-4-5-9-24)23-6-2-1-3-7-23/h1-3,6-7,10-11,16-17,22,24,28,35H,4-5,8-9,12-15,18-20H2/q+1. The number of piperidine rings is 3. The van der Waals surface area contributed by atoms with Crippen LogP contribution in [0.15, 0.2) is 59.1 Å². The van der Waals surface area contributed by atoms with E-state index in [1.54, 1.807) is 0 Å². The van der Waals surface area contributed by atoms with E-state index in [4.69, 9.17) is 32.4 Å². The van der Waals surface area contributed by atoms with E-state index in [1.807, 2.05) is 54.7 Å². The van der Waals surface area contributed by atoms with Gasteiger partial charge in [-0.05, 0) is 36.1 Å². The first-order valence-electron chi connectivity index (χ1n) is 13.6. The van der Waals surface area contributed by atoms with Crippen molar-refractivity contribution in [2.45, 2.75) is 63.4 Å². The summed E-state index contributed by atoms with van der Waals surface area (Å²) in [4.78, 5) is 4.68. The van der Waals surface area contributed by atoms with Crippen LogP contribution in [-0.4, -0.2) is 40.3 Å². The van der Waals surface area contributed by atoms with Crippen molar-refractivity contribution >= 4 is 23.2 Å². The highest BCUT2D eigenvalue weighted by molar-refractivity contribution is 6.42. The summed E-state index contributed by atoms with van der Waals surface area (Å²) in [6, 6.07) is 15.6. The van der Waals surface area contributed by atoms with Gasteiger partial charge in [0.15, 0.2) is 11.4 Å². The van der Waals surface area contributed by atoms with Crippen molar-refractivity contribution in [3.8, 4) is 0 Å². The fraction of sp³-hybridized carbons (Fsp3) is 0.500. The summed E-state index contributed by atoms with van der Waals surface area (Å²) in [5.74, 6) is 2.01. The quantitative estimate of drug-likeness (QED) is 0.321. The molecule has 2 unspecified atom stereocenters. The Morgan fingerprint density at radius 2 is 1.76 bits per heavy atom. The molecule has 1 aromatic heterocycles. The molecule has 196 valence electrons. The molecule has 1 aliphatic carbocycles. The third kappa shape index (κ3) is 4.97. The van der Waals surface area contributed by atoms with Gasteiger partial charge < -0.3 is 18.7 Å². The lowest BCUT2D eigenvalue weighted by Gasteiger charge is -2.52. The number of aromatic nitrogens is 1. The Hall–Kier alpha value is -1.89. The molecule has 3 saturated heterocycles. The van der Waals surface area contributed by atoms with Gasteiger partial charge in [-0.3, -0.25) is 0 Å². The molecule has 0 spiro atoms. The number of hydrogen-bond acceptors (Lipinski definition) is 4. The van der Waals surface area contributed by atoms with Crippen molar-refractivity contribution in [1.29, 1.82) is 0 Å². The molecule has 7 heteroatoms. The lowest BCUT2D eigenvalue weighted by molar-refractivity contribution is -0.959. The first kappa shape index (κ1) is 25.4. The first-order chi connectivity index (χ1) is 18.0. The van der Waals surface area contributed by atoms with Gasteiger partial charge in [0, 0.05) is 24.7 Å². The van der Waals surface area contributed by atoms with E-state index in [0.717, 1.165) is 86.1 Å². The van der Waals surface area contributed by atoms with Gasteiger partial charge in [0.25, 0.3) is 0 Å². The van der Waals surface area contributed by atoms with E-state index in [-0.39, 0.29) is 12.0 Å². The lowest BCUT2D eigenvalue weighted by Crippen LogP contribution is -2.63. The molecular formula is C30H35Cl2N2O3+. The van der Waals surface area contributed by atoms with Crippen LogP contribution in [0.5, 0.6) is 0 Å². The second-order valence-corrected chi connectivity index (χ2v) is 12.1. The Kier molecular flexibility index (Phi) is 7.10. The molecule has 4 aliphatic rings. The summed E-state index contributed by atoms with van der Waals surface area (Å²) in [5, 5.41) is 13.2. The van der Waals surface area contributed by atoms with Gasteiger partial charge in [-0.15, -0.1) is 0 Å². The van der Waals surface area contributed by atoms with Crippen molar-refractivity contribution in [1.82, 2.24) is 4.98 Å². The Morgan fingerprint density at radius 1 is 1.00 bits per heavy atom. The summed E-state index contributed by atoms with van der Waals surface area (Å²) < 4.78 is 13.8. The minimum Gasteiger partial charge on any atom is -0.436 e. The Morgan fingerprint density at radius 3 is 2.49 bits per heavy atom. The molecule has 5 nitrogen and oxygen atoms in total. The second-order valence-electron chi connectivity index (χ2n) is 11.3. The number of fused-ring (bicyclic) bond motifs is 3. The molecule has 0 radical (unpaired) electrons. The minimum atomic E-state index is -1.18. The van der Waals surface area contributed by atoms with Crippen LogP contribution in [0.3, 0.4) is 0 Å². The maximum absolute atomic E-state index is 12.1.